The molecule has 2 aromatic heterocycles. The molecular weight excluding hydrogens is 392 g/mol. The van der Waals surface area contributed by atoms with E-state index >= 15 is 0 Å². The number of hydrogen-bond acceptors (Lipinski definition) is 6. The normalized spacial score (nSPS) is 13.9. The molecule has 0 radical (unpaired) electrons. The summed E-state index contributed by atoms with van der Waals surface area (Å²) in [7, 11) is 0. The number of fused-ring (bicyclic) bond motifs is 1. The third-order valence-electron chi connectivity index (χ3n) is 5.22. The first-order valence-electron chi connectivity index (χ1n) is 10.2. The van der Waals surface area contributed by atoms with Crippen LogP contribution in [0, 0.1) is 0 Å². The van der Waals surface area contributed by atoms with Gasteiger partial charge in [0.1, 0.15) is 12.1 Å². The van der Waals surface area contributed by atoms with Gasteiger partial charge in [0.2, 0.25) is 0 Å². The lowest BCUT2D eigenvalue weighted by Crippen LogP contribution is -2.36. The maximum atomic E-state index is 12.5. The molecule has 0 unspecified atom stereocenters. The van der Waals surface area contributed by atoms with E-state index in [1.807, 2.05) is 42.5 Å². The molecule has 1 aliphatic heterocycles. The lowest BCUT2D eigenvalue weighted by atomic mass is 10.2. The maximum absolute atomic E-state index is 12.5. The third kappa shape index (κ3) is 4.06. The molecule has 2 N–H and O–H groups in total. The second kappa shape index (κ2) is 8.45. The molecule has 31 heavy (non-hydrogen) atoms. The molecule has 1 fully saturated rings. The highest BCUT2D eigenvalue weighted by atomic mass is 16.5. The number of hydrogen-bond donors (Lipinski definition) is 2. The summed E-state index contributed by atoms with van der Waals surface area (Å²) in [6, 6.07) is 21.1. The number of aromatic nitrogens is 3. The summed E-state index contributed by atoms with van der Waals surface area (Å²) in [5.74, 6) is 0.353. The second-order valence-corrected chi connectivity index (χ2v) is 7.22. The summed E-state index contributed by atoms with van der Waals surface area (Å²) in [4.78, 5) is 19.2. The molecule has 5 rings (SSSR count). The van der Waals surface area contributed by atoms with Crippen molar-refractivity contribution in [1.82, 2.24) is 14.6 Å². The first-order chi connectivity index (χ1) is 15.3. The molecule has 156 valence electrons. The first kappa shape index (κ1) is 19.1. The van der Waals surface area contributed by atoms with Crippen molar-refractivity contribution >= 4 is 34.4 Å². The van der Waals surface area contributed by atoms with Crippen molar-refractivity contribution in [2.75, 3.05) is 41.8 Å². The second-order valence-electron chi connectivity index (χ2n) is 7.22. The Morgan fingerprint density at radius 3 is 2.48 bits per heavy atom. The number of benzene rings is 2. The van der Waals surface area contributed by atoms with Gasteiger partial charge in [0.05, 0.1) is 18.9 Å². The zero-order valence-corrected chi connectivity index (χ0v) is 16.9. The van der Waals surface area contributed by atoms with E-state index in [-0.39, 0.29) is 5.91 Å². The molecule has 1 amide bonds. The fourth-order valence-corrected chi connectivity index (χ4v) is 3.61. The molecule has 0 bridgehead atoms. The number of anilines is 4. The van der Waals surface area contributed by atoms with Gasteiger partial charge in [-0.2, -0.15) is 9.61 Å². The summed E-state index contributed by atoms with van der Waals surface area (Å²) < 4.78 is 7.04. The van der Waals surface area contributed by atoms with Crippen molar-refractivity contribution in [3.05, 3.63) is 78.6 Å². The SMILES string of the molecule is O=C(Nc1ccc(Nc2ccc(N3CCOCC3)cc2)c2ncnn12)c1ccccc1. The van der Waals surface area contributed by atoms with Crippen LogP contribution in [0.5, 0.6) is 0 Å². The predicted octanol–water partition coefficient (Wildman–Crippen LogP) is 3.56. The van der Waals surface area contributed by atoms with E-state index in [2.05, 4.69) is 37.7 Å². The monoisotopic (exact) mass is 414 g/mol. The van der Waals surface area contributed by atoms with Gasteiger partial charge < -0.3 is 20.3 Å². The molecule has 0 saturated carbocycles. The Morgan fingerprint density at radius 1 is 0.935 bits per heavy atom. The van der Waals surface area contributed by atoms with E-state index in [0.717, 1.165) is 37.7 Å². The molecule has 2 aromatic carbocycles. The number of carbonyl (C=O) groups excluding carboxylic acids is 1. The minimum absolute atomic E-state index is 0.197. The standard InChI is InChI=1S/C23H22N6O2/c30-23(17-4-2-1-3-5-17)27-21-11-10-20(22-24-16-25-29(21)22)26-18-6-8-19(9-7-18)28-12-14-31-15-13-28/h1-11,16,26H,12-15H2,(H,27,30). The molecule has 8 nitrogen and oxygen atoms in total. The van der Waals surface area contributed by atoms with Gasteiger partial charge in [-0.05, 0) is 48.5 Å². The van der Waals surface area contributed by atoms with E-state index in [0.29, 0.717) is 17.0 Å². The highest BCUT2D eigenvalue weighted by molar-refractivity contribution is 6.04. The van der Waals surface area contributed by atoms with Crippen molar-refractivity contribution in [2.24, 2.45) is 0 Å². The van der Waals surface area contributed by atoms with Gasteiger partial charge in [0.25, 0.3) is 5.91 Å². The number of morpholine rings is 1. The average Bonchev–Trinajstić information content (AvgIpc) is 3.33. The summed E-state index contributed by atoms with van der Waals surface area (Å²) >= 11 is 0. The van der Waals surface area contributed by atoms with E-state index in [9.17, 15) is 4.79 Å². The number of nitrogens with zero attached hydrogens (tertiary/aromatic N) is 4. The van der Waals surface area contributed by atoms with Gasteiger partial charge in [-0.25, -0.2) is 4.98 Å². The minimum atomic E-state index is -0.197. The molecule has 4 aromatic rings. The molecule has 1 saturated heterocycles. The zero-order chi connectivity index (χ0) is 21.0. The molecule has 0 spiro atoms. The van der Waals surface area contributed by atoms with Gasteiger partial charge in [-0.1, -0.05) is 18.2 Å². The van der Waals surface area contributed by atoms with E-state index < -0.39 is 0 Å². The Hall–Kier alpha value is -3.91. The highest BCUT2D eigenvalue weighted by Gasteiger charge is 2.13. The van der Waals surface area contributed by atoms with Crippen LogP contribution < -0.4 is 15.5 Å². The van der Waals surface area contributed by atoms with Crippen LogP contribution >= 0.6 is 0 Å². The lowest BCUT2D eigenvalue weighted by molar-refractivity contribution is 0.102. The molecule has 8 heteroatoms. The van der Waals surface area contributed by atoms with Crippen LogP contribution in [0.2, 0.25) is 0 Å². The smallest absolute Gasteiger partial charge is 0.256 e. The predicted molar refractivity (Wildman–Crippen MR) is 120 cm³/mol. The van der Waals surface area contributed by atoms with E-state index in [1.165, 1.54) is 12.0 Å². The summed E-state index contributed by atoms with van der Waals surface area (Å²) in [6.45, 7) is 3.34. The van der Waals surface area contributed by atoms with Crippen molar-refractivity contribution in [3.8, 4) is 0 Å². The fourth-order valence-electron chi connectivity index (χ4n) is 3.61. The van der Waals surface area contributed by atoms with Crippen LogP contribution in [-0.2, 0) is 4.74 Å². The minimum Gasteiger partial charge on any atom is -0.378 e. The number of nitrogens with one attached hydrogen (secondary N) is 2. The Balaban J connectivity index is 1.35. The maximum Gasteiger partial charge on any atom is 0.256 e. The Kier molecular flexibility index (Phi) is 5.20. The number of carbonyl (C=O) groups is 1. The number of ether oxygens (including phenoxy) is 1. The fraction of sp³-hybridized carbons (Fsp3) is 0.174. The van der Waals surface area contributed by atoms with Crippen molar-refractivity contribution in [2.45, 2.75) is 0 Å². The van der Waals surface area contributed by atoms with Crippen LogP contribution in [0.15, 0.2) is 73.1 Å². The van der Waals surface area contributed by atoms with Gasteiger partial charge in [0, 0.05) is 30.0 Å². The topological polar surface area (TPSA) is 83.8 Å². The Labute approximate surface area is 179 Å². The molecular formula is C23H22N6O2. The van der Waals surface area contributed by atoms with E-state index in [4.69, 9.17) is 4.74 Å². The quantitative estimate of drug-likeness (QED) is 0.520. The van der Waals surface area contributed by atoms with Crippen molar-refractivity contribution in [3.63, 3.8) is 0 Å². The summed E-state index contributed by atoms with van der Waals surface area (Å²) in [5, 5.41) is 10.6. The van der Waals surface area contributed by atoms with E-state index in [1.54, 1.807) is 16.6 Å². The van der Waals surface area contributed by atoms with Gasteiger partial charge in [-0.15, -0.1) is 0 Å². The lowest BCUT2D eigenvalue weighted by Gasteiger charge is -2.28. The third-order valence-corrected chi connectivity index (χ3v) is 5.22. The largest absolute Gasteiger partial charge is 0.378 e. The van der Waals surface area contributed by atoms with Crippen LogP contribution in [0.3, 0.4) is 0 Å². The highest BCUT2D eigenvalue weighted by Crippen LogP contribution is 2.26. The van der Waals surface area contributed by atoms with Gasteiger partial charge >= 0.3 is 0 Å². The number of pyridine rings is 1. The van der Waals surface area contributed by atoms with Gasteiger partial charge in [-0.3, -0.25) is 4.79 Å². The van der Waals surface area contributed by atoms with Crippen LogP contribution in [0.25, 0.3) is 5.65 Å². The first-order valence-corrected chi connectivity index (χ1v) is 10.2. The Bertz CT molecular complexity index is 1180. The van der Waals surface area contributed by atoms with Crippen LogP contribution in [0.1, 0.15) is 10.4 Å². The molecule has 3 heterocycles. The zero-order valence-electron chi connectivity index (χ0n) is 16.9. The molecule has 0 aliphatic carbocycles. The molecule has 1 aliphatic rings. The number of amides is 1. The Morgan fingerprint density at radius 2 is 1.71 bits per heavy atom. The molecule has 0 atom stereocenters. The van der Waals surface area contributed by atoms with Crippen molar-refractivity contribution in [1.29, 1.82) is 0 Å². The number of rotatable bonds is 5. The summed E-state index contributed by atoms with van der Waals surface area (Å²) in [5.41, 5.74) is 4.14. The van der Waals surface area contributed by atoms with Gasteiger partial charge in [0.15, 0.2) is 5.65 Å². The van der Waals surface area contributed by atoms with Crippen LogP contribution in [-0.4, -0.2) is 46.8 Å². The van der Waals surface area contributed by atoms with Crippen molar-refractivity contribution < 1.29 is 9.53 Å². The average molecular weight is 414 g/mol. The summed E-state index contributed by atoms with van der Waals surface area (Å²) in [6.07, 6.45) is 1.47. The van der Waals surface area contributed by atoms with Crippen LogP contribution in [0.4, 0.5) is 22.9 Å².